The summed E-state index contributed by atoms with van der Waals surface area (Å²) in [6.07, 6.45) is 1.56. The second-order valence-electron chi connectivity index (χ2n) is 3.35. The third kappa shape index (κ3) is 2.28. The molecule has 0 fully saturated rings. The lowest BCUT2D eigenvalue weighted by atomic mass is 10.1. The van der Waals surface area contributed by atoms with Gasteiger partial charge in [0.2, 0.25) is 5.88 Å². The zero-order valence-electron chi connectivity index (χ0n) is 9.21. The quantitative estimate of drug-likeness (QED) is 0.870. The van der Waals surface area contributed by atoms with Crippen LogP contribution in [0.1, 0.15) is 0 Å². The Balaban J connectivity index is 2.46. The van der Waals surface area contributed by atoms with Crippen molar-refractivity contribution >= 4 is 16.7 Å². The van der Waals surface area contributed by atoms with Crippen molar-refractivity contribution in [2.75, 3.05) is 13.7 Å². The number of carbonyl (C=O) groups is 1. The molecule has 2 aromatic rings. The molecule has 0 saturated heterocycles. The molecule has 2 rings (SSSR count). The molecule has 88 valence electrons. The number of ether oxygens (including phenoxy) is 2. The normalized spacial score (nSPS) is 10.2. The third-order valence-corrected chi connectivity index (χ3v) is 2.28. The number of aromatic nitrogens is 1. The molecule has 17 heavy (non-hydrogen) atoms. The number of methoxy groups -OCH3 is 1. The summed E-state index contributed by atoms with van der Waals surface area (Å²) in [5.74, 6) is -0.0411. The second-order valence-corrected chi connectivity index (χ2v) is 3.35. The number of carboxylic acid groups (broad SMARTS) is 1. The molecule has 1 heterocycles. The lowest BCUT2D eigenvalue weighted by molar-refractivity contribution is -0.139. The van der Waals surface area contributed by atoms with Crippen LogP contribution < -0.4 is 9.47 Å². The van der Waals surface area contributed by atoms with Crippen molar-refractivity contribution in [2.24, 2.45) is 0 Å². The van der Waals surface area contributed by atoms with Crippen LogP contribution >= 0.6 is 0 Å². The highest BCUT2D eigenvalue weighted by Crippen LogP contribution is 2.30. The number of carboxylic acids is 1. The Bertz CT molecular complexity index is 553. The highest BCUT2D eigenvalue weighted by molar-refractivity contribution is 5.91. The van der Waals surface area contributed by atoms with E-state index in [1.54, 1.807) is 25.4 Å². The minimum Gasteiger partial charge on any atom is -0.496 e. The van der Waals surface area contributed by atoms with Crippen molar-refractivity contribution in [1.29, 1.82) is 0 Å². The molecule has 0 radical (unpaired) electrons. The average Bonchev–Trinajstić information content (AvgIpc) is 2.35. The Morgan fingerprint density at radius 1 is 1.35 bits per heavy atom. The van der Waals surface area contributed by atoms with Crippen molar-refractivity contribution in [3.8, 4) is 11.6 Å². The van der Waals surface area contributed by atoms with Crippen molar-refractivity contribution < 1.29 is 19.4 Å². The van der Waals surface area contributed by atoms with Gasteiger partial charge in [0.15, 0.2) is 6.61 Å². The number of aliphatic carboxylic acids is 1. The van der Waals surface area contributed by atoms with E-state index in [2.05, 4.69) is 4.98 Å². The maximum Gasteiger partial charge on any atom is 0.341 e. The first-order valence-electron chi connectivity index (χ1n) is 4.98. The van der Waals surface area contributed by atoms with Crippen LogP contribution in [0.5, 0.6) is 11.6 Å². The largest absolute Gasteiger partial charge is 0.496 e. The SMILES string of the molecule is COc1cccc2c(OCC(=O)O)nccc12. The number of hydrogen-bond donors (Lipinski definition) is 1. The van der Waals surface area contributed by atoms with E-state index in [1.807, 2.05) is 12.1 Å². The van der Waals surface area contributed by atoms with Crippen LogP contribution in [-0.2, 0) is 4.79 Å². The summed E-state index contributed by atoms with van der Waals surface area (Å²) in [7, 11) is 1.58. The summed E-state index contributed by atoms with van der Waals surface area (Å²) >= 11 is 0. The number of rotatable bonds is 4. The van der Waals surface area contributed by atoms with Crippen LogP contribution in [0.4, 0.5) is 0 Å². The summed E-state index contributed by atoms with van der Waals surface area (Å²) < 4.78 is 10.3. The highest BCUT2D eigenvalue weighted by atomic mass is 16.5. The smallest absolute Gasteiger partial charge is 0.341 e. The molecule has 0 saturated carbocycles. The standard InChI is InChI=1S/C12H11NO4/c1-16-10-4-2-3-9-8(10)5-6-13-12(9)17-7-11(14)15/h2-6H,7H2,1H3,(H,14,15). The highest BCUT2D eigenvalue weighted by Gasteiger charge is 2.08. The Morgan fingerprint density at radius 3 is 2.88 bits per heavy atom. The molecule has 1 aromatic heterocycles. The molecule has 0 aliphatic carbocycles. The number of pyridine rings is 1. The topological polar surface area (TPSA) is 68.7 Å². The molecule has 0 amide bonds. The van der Waals surface area contributed by atoms with E-state index in [-0.39, 0.29) is 0 Å². The first kappa shape index (κ1) is 11.2. The van der Waals surface area contributed by atoms with Gasteiger partial charge in [-0.2, -0.15) is 0 Å². The summed E-state index contributed by atoms with van der Waals surface area (Å²) in [5.41, 5.74) is 0. The van der Waals surface area contributed by atoms with Crippen molar-refractivity contribution in [1.82, 2.24) is 4.98 Å². The van der Waals surface area contributed by atoms with Crippen molar-refractivity contribution in [3.05, 3.63) is 30.5 Å². The van der Waals surface area contributed by atoms with Gasteiger partial charge in [-0.25, -0.2) is 9.78 Å². The monoisotopic (exact) mass is 233 g/mol. The van der Waals surface area contributed by atoms with E-state index in [9.17, 15) is 4.79 Å². The Hall–Kier alpha value is -2.30. The van der Waals surface area contributed by atoms with E-state index < -0.39 is 12.6 Å². The predicted molar refractivity (Wildman–Crippen MR) is 61.4 cm³/mol. The lowest BCUT2D eigenvalue weighted by Gasteiger charge is -2.08. The second kappa shape index (κ2) is 4.69. The van der Waals surface area contributed by atoms with Gasteiger partial charge in [0.1, 0.15) is 5.75 Å². The van der Waals surface area contributed by atoms with E-state index in [1.165, 1.54) is 0 Å². The molecule has 0 unspecified atom stereocenters. The minimum atomic E-state index is -1.04. The van der Waals surface area contributed by atoms with E-state index in [0.717, 1.165) is 10.8 Å². The maximum atomic E-state index is 10.5. The third-order valence-electron chi connectivity index (χ3n) is 2.28. The van der Waals surface area contributed by atoms with Gasteiger partial charge >= 0.3 is 5.97 Å². The van der Waals surface area contributed by atoms with Crippen LogP contribution in [0.3, 0.4) is 0 Å². The maximum absolute atomic E-state index is 10.5. The number of hydrogen-bond acceptors (Lipinski definition) is 4. The molecule has 0 aliphatic heterocycles. The molecule has 5 heteroatoms. The van der Waals surface area contributed by atoms with Crippen LogP contribution in [0.2, 0.25) is 0 Å². The summed E-state index contributed by atoms with van der Waals surface area (Å²) in [5, 5.41) is 10.1. The summed E-state index contributed by atoms with van der Waals surface area (Å²) in [4.78, 5) is 14.5. The fourth-order valence-corrected chi connectivity index (χ4v) is 1.57. The summed E-state index contributed by atoms with van der Waals surface area (Å²) in [6, 6.07) is 7.23. The van der Waals surface area contributed by atoms with E-state index in [4.69, 9.17) is 14.6 Å². The molecule has 5 nitrogen and oxygen atoms in total. The van der Waals surface area contributed by atoms with Crippen LogP contribution in [0.15, 0.2) is 30.5 Å². The Morgan fingerprint density at radius 2 is 2.18 bits per heavy atom. The van der Waals surface area contributed by atoms with Crippen LogP contribution in [0.25, 0.3) is 10.8 Å². The number of fused-ring (bicyclic) bond motifs is 1. The minimum absolute atomic E-state index is 0.295. The molecule has 0 spiro atoms. The molecule has 1 aromatic carbocycles. The van der Waals surface area contributed by atoms with Gasteiger partial charge in [-0.05, 0) is 18.2 Å². The predicted octanol–water partition coefficient (Wildman–Crippen LogP) is 1.71. The zero-order chi connectivity index (χ0) is 12.3. The fraction of sp³-hybridized carbons (Fsp3) is 0.167. The Labute approximate surface area is 97.6 Å². The van der Waals surface area contributed by atoms with Gasteiger partial charge in [-0.3, -0.25) is 0 Å². The first-order chi connectivity index (χ1) is 8.22. The first-order valence-corrected chi connectivity index (χ1v) is 4.98. The fourth-order valence-electron chi connectivity index (χ4n) is 1.57. The molecule has 0 aliphatic rings. The van der Waals surface area contributed by atoms with Gasteiger partial charge in [0.05, 0.1) is 7.11 Å². The number of benzene rings is 1. The summed E-state index contributed by atoms with van der Waals surface area (Å²) in [6.45, 7) is -0.413. The number of nitrogens with zero attached hydrogens (tertiary/aromatic N) is 1. The molecular formula is C12H11NO4. The molecule has 0 atom stereocenters. The van der Waals surface area contributed by atoms with Crippen molar-refractivity contribution in [3.63, 3.8) is 0 Å². The van der Waals surface area contributed by atoms with Gasteiger partial charge in [-0.1, -0.05) is 6.07 Å². The van der Waals surface area contributed by atoms with Gasteiger partial charge in [-0.15, -0.1) is 0 Å². The van der Waals surface area contributed by atoms with Crippen molar-refractivity contribution in [2.45, 2.75) is 0 Å². The van der Waals surface area contributed by atoms with Gasteiger partial charge in [0, 0.05) is 17.0 Å². The van der Waals surface area contributed by atoms with Crippen LogP contribution in [-0.4, -0.2) is 29.8 Å². The molecule has 0 bridgehead atoms. The van der Waals surface area contributed by atoms with Crippen LogP contribution in [0, 0.1) is 0 Å². The van der Waals surface area contributed by atoms with Gasteiger partial charge < -0.3 is 14.6 Å². The van der Waals surface area contributed by atoms with Gasteiger partial charge in [0.25, 0.3) is 0 Å². The lowest BCUT2D eigenvalue weighted by Crippen LogP contribution is -2.10. The average molecular weight is 233 g/mol. The molecule has 1 N–H and O–H groups in total. The zero-order valence-corrected chi connectivity index (χ0v) is 9.21. The van der Waals surface area contributed by atoms with E-state index >= 15 is 0 Å². The molecular weight excluding hydrogens is 222 g/mol. The van der Waals surface area contributed by atoms with E-state index in [0.29, 0.717) is 11.6 Å². The Kier molecular flexibility index (Phi) is 3.09.